The zero-order chi connectivity index (χ0) is 18.0. The van der Waals surface area contributed by atoms with E-state index in [-0.39, 0.29) is 12.3 Å². The number of benzene rings is 1. The van der Waals surface area contributed by atoms with Gasteiger partial charge in [0.15, 0.2) is 0 Å². The summed E-state index contributed by atoms with van der Waals surface area (Å²) in [4.78, 5) is 13.0. The number of hydrogen-bond donors (Lipinski definition) is 1. The maximum atomic E-state index is 12.5. The molecule has 5 nitrogen and oxygen atoms in total. The number of thiophene rings is 1. The molecule has 1 N–H and O–H groups in total. The minimum Gasteiger partial charge on any atom is -0.326 e. The van der Waals surface area contributed by atoms with Crippen molar-refractivity contribution in [2.24, 2.45) is 0 Å². The van der Waals surface area contributed by atoms with E-state index in [1.807, 2.05) is 25.1 Å². The van der Waals surface area contributed by atoms with Crippen molar-refractivity contribution >= 4 is 48.9 Å². The van der Waals surface area contributed by atoms with Gasteiger partial charge in [-0.05, 0) is 55.7 Å². The standard InChI is InChI=1S/C17H19BrN2O3S2/c1-12-10-13(4-6-15(12)18)19-16(21)11-14-5-7-17(24-14)25(22,23)20-8-2-3-9-20/h4-7,10H,2-3,8-9,11H2,1H3,(H,19,21). The molecule has 0 spiro atoms. The smallest absolute Gasteiger partial charge is 0.252 e. The average Bonchev–Trinajstić information content (AvgIpc) is 3.22. The third-order valence-electron chi connectivity index (χ3n) is 4.07. The fourth-order valence-corrected chi connectivity index (χ4v) is 6.01. The molecule has 134 valence electrons. The van der Waals surface area contributed by atoms with E-state index in [0.29, 0.717) is 17.3 Å². The average molecular weight is 443 g/mol. The lowest BCUT2D eigenvalue weighted by atomic mass is 10.2. The molecule has 0 unspecified atom stereocenters. The van der Waals surface area contributed by atoms with Crippen LogP contribution >= 0.6 is 27.3 Å². The van der Waals surface area contributed by atoms with E-state index >= 15 is 0 Å². The van der Waals surface area contributed by atoms with Crippen LogP contribution in [0.1, 0.15) is 23.3 Å². The van der Waals surface area contributed by atoms with Gasteiger partial charge in [-0.25, -0.2) is 8.42 Å². The molecule has 8 heteroatoms. The summed E-state index contributed by atoms with van der Waals surface area (Å²) in [7, 11) is -3.41. The second kappa shape index (κ2) is 7.57. The van der Waals surface area contributed by atoms with Gasteiger partial charge in [-0.3, -0.25) is 4.79 Å². The maximum absolute atomic E-state index is 12.5. The Balaban J connectivity index is 1.66. The number of nitrogens with one attached hydrogen (secondary N) is 1. The third-order valence-corrected chi connectivity index (χ3v) is 8.41. The number of amides is 1. The molecule has 3 rings (SSSR count). The van der Waals surface area contributed by atoms with Crippen molar-refractivity contribution in [3.8, 4) is 0 Å². The zero-order valence-electron chi connectivity index (χ0n) is 13.8. The fraction of sp³-hybridized carbons (Fsp3) is 0.353. The van der Waals surface area contributed by atoms with Crippen molar-refractivity contribution in [2.75, 3.05) is 18.4 Å². The Morgan fingerprint density at radius 1 is 1.24 bits per heavy atom. The van der Waals surface area contributed by atoms with Crippen LogP contribution < -0.4 is 5.32 Å². The predicted molar refractivity (Wildman–Crippen MR) is 104 cm³/mol. The molecule has 1 aliphatic rings. The number of nitrogens with zero attached hydrogens (tertiary/aromatic N) is 1. The van der Waals surface area contributed by atoms with E-state index in [9.17, 15) is 13.2 Å². The summed E-state index contributed by atoms with van der Waals surface area (Å²) in [6, 6.07) is 8.92. The number of carbonyl (C=O) groups excluding carboxylic acids is 1. The highest BCUT2D eigenvalue weighted by molar-refractivity contribution is 9.10. The van der Waals surface area contributed by atoms with Gasteiger partial charge in [0.05, 0.1) is 6.42 Å². The molecule has 0 atom stereocenters. The molecule has 1 aromatic heterocycles. The molecule has 1 aromatic carbocycles. The van der Waals surface area contributed by atoms with E-state index in [0.717, 1.165) is 33.4 Å². The fourth-order valence-electron chi connectivity index (χ4n) is 2.73. The minimum absolute atomic E-state index is 0.159. The molecule has 0 bridgehead atoms. The first-order chi connectivity index (χ1) is 11.9. The van der Waals surface area contributed by atoms with Crippen LogP contribution in [-0.4, -0.2) is 31.7 Å². The van der Waals surface area contributed by atoms with Crippen molar-refractivity contribution < 1.29 is 13.2 Å². The topological polar surface area (TPSA) is 66.5 Å². The van der Waals surface area contributed by atoms with Crippen LogP contribution in [0.5, 0.6) is 0 Å². The van der Waals surface area contributed by atoms with Gasteiger partial charge in [0.2, 0.25) is 5.91 Å². The second-order valence-electron chi connectivity index (χ2n) is 6.02. The van der Waals surface area contributed by atoms with E-state index in [1.54, 1.807) is 12.1 Å². The first kappa shape index (κ1) is 18.6. The summed E-state index contributed by atoms with van der Waals surface area (Å²) in [5.41, 5.74) is 1.76. The molecule has 1 aliphatic heterocycles. The number of sulfonamides is 1. The van der Waals surface area contributed by atoms with Crippen LogP contribution in [0.25, 0.3) is 0 Å². The highest BCUT2D eigenvalue weighted by Crippen LogP contribution is 2.28. The summed E-state index contributed by atoms with van der Waals surface area (Å²) in [5.74, 6) is -0.159. The molecule has 2 aromatic rings. The van der Waals surface area contributed by atoms with E-state index in [4.69, 9.17) is 0 Å². The molecule has 2 heterocycles. The molecule has 1 saturated heterocycles. The monoisotopic (exact) mass is 442 g/mol. The number of halogens is 1. The van der Waals surface area contributed by atoms with Gasteiger partial charge in [-0.1, -0.05) is 15.9 Å². The largest absolute Gasteiger partial charge is 0.326 e. The van der Waals surface area contributed by atoms with E-state index in [2.05, 4.69) is 21.2 Å². The first-order valence-corrected chi connectivity index (χ1v) is 11.1. The summed E-state index contributed by atoms with van der Waals surface area (Å²) in [6.07, 6.45) is 1.98. The number of carbonyl (C=O) groups is 1. The van der Waals surface area contributed by atoms with Crippen molar-refractivity contribution in [3.63, 3.8) is 0 Å². The van der Waals surface area contributed by atoms with Crippen LogP contribution in [0.2, 0.25) is 0 Å². The highest BCUT2D eigenvalue weighted by Gasteiger charge is 2.28. The van der Waals surface area contributed by atoms with Crippen LogP contribution in [-0.2, 0) is 21.2 Å². The van der Waals surface area contributed by atoms with Crippen molar-refractivity contribution in [1.29, 1.82) is 0 Å². The third kappa shape index (κ3) is 4.31. The Kier molecular flexibility index (Phi) is 5.62. The highest BCUT2D eigenvalue weighted by atomic mass is 79.9. The lowest BCUT2D eigenvalue weighted by Crippen LogP contribution is -2.27. The Labute approximate surface area is 160 Å². The lowest BCUT2D eigenvalue weighted by Gasteiger charge is -2.13. The van der Waals surface area contributed by atoms with Gasteiger partial charge < -0.3 is 5.32 Å². The summed E-state index contributed by atoms with van der Waals surface area (Å²) in [6.45, 7) is 3.12. The van der Waals surface area contributed by atoms with Gasteiger partial charge in [-0.2, -0.15) is 4.31 Å². The Bertz CT molecular complexity index is 887. The van der Waals surface area contributed by atoms with Gasteiger partial charge in [0.25, 0.3) is 10.0 Å². The number of aryl methyl sites for hydroxylation is 1. The van der Waals surface area contributed by atoms with Gasteiger partial charge in [0.1, 0.15) is 4.21 Å². The second-order valence-corrected chi connectivity index (χ2v) is 10.2. The summed E-state index contributed by atoms with van der Waals surface area (Å²) >= 11 is 4.60. The zero-order valence-corrected chi connectivity index (χ0v) is 17.0. The molecular weight excluding hydrogens is 424 g/mol. The van der Waals surface area contributed by atoms with Crippen molar-refractivity contribution in [3.05, 3.63) is 45.2 Å². The van der Waals surface area contributed by atoms with Crippen LogP contribution in [0, 0.1) is 6.92 Å². The number of hydrogen-bond acceptors (Lipinski definition) is 4. The van der Waals surface area contributed by atoms with Crippen LogP contribution in [0.3, 0.4) is 0 Å². The minimum atomic E-state index is -3.41. The summed E-state index contributed by atoms with van der Waals surface area (Å²) < 4.78 is 27.9. The summed E-state index contributed by atoms with van der Waals surface area (Å²) in [5, 5.41) is 2.85. The normalized spacial score (nSPS) is 15.4. The van der Waals surface area contributed by atoms with E-state index in [1.165, 1.54) is 15.6 Å². The van der Waals surface area contributed by atoms with E-state index < -0.39 is 10.0 Å². The van der Waals surface area contributed by atoms with Crippen molar-refractivity contribution in [2.45, 2.75) is 30.4 Å². The number of anilines is 1. The Morgan fingerprint density at radius 3 is 2.64 bits per heavy atom. The maximum Gasteiger partial charge on any atom is 0.252 e. The predicted octanol–water partition coefficient (Wildman–Crippen LogP) is 3.78. The molecule has 0 aliphatic carbocycles. The number of rotatable bonds is 5. The van der Waals surface area contributed by atoms with Gasteiger partial charge in [-0.15, -0.1) is 11.3 Å². The van der Waals surface area contributed by atoms with Gasteiger partial charge in [0, 0.05) is 28.1 Å². The quantitative estimate of drug-likeness (QED) is 0.765. The van der Waals surface area contributed by atoms with Crippen LogP contribution in [0.4, 0.5) is 5.69 Å². The molecule has 1 fully saturated rings. The van der Waals surface area contributed by atoms with Crippen LogP contribution in [0.15, 0.2) is 39.0 Å². The molecular formula is C17H19BrN2O3S2. The Hall–Kier alpha value is -1.22. The molecule has 1 amide bonds. The lowest BCUT2D eigenvalue weighted by molar-refractivity contribution is -0.115. The Morgan fingerprint density at radius 2 is 1.96 bits per heavy atom. The van der Waals surface area contributed by atoms with Crippen molar-refractivity contribution in [1.82, 2.24) is 4.31 Å². The molecule has 0 saturated carbocycles. The first-order valence-electron chi connectivity index (χ1n) is 8.01. The molecule has 0 radical (unpaired) electrons. The molecule has 25 heavy (non-hydrogen) atoms. The SMILES string of the molecule is Cc1cc(NC(=O)Cc2ccc(S(=O)(=O)N3CCCC3)s2)ccc1Br. The van der Waals surface area contributed by atoms with Gasteiger partial charge >= 0.3 is 0 Å².